The molecule has 1 unspecified atom stereocenters. The number of aromatic nitrogens is 3. The first-order valence-corrected chi connectivity index (χ1v) is 4.81. The number of hydrogen-bond donors (Lipinski definition) is 2. The van der Waals surface area contributed by atoms with Crippen LogP contribution in [0.3, 0.4) is 0 Å². The van der Waals surface area contributed by atoms with Gasteiger partial charge in [-0.3, -0.25) is 0 Å². The summed E-state index contributed by atoms with van der Waals surface area (Å²) in [7, 11) is 0. The third kappa shape index (κ3) is 1.90. The molecular formula is C11H13N4O. The van der Waals surface area contributed by atoms with Gasteiger partial charge in [-0.25, -0.2) is 9.67 Å². The Morgan fingerprint density at radius 2 is 2.25 bits per heavy atom. The molecule has 0 aliphatic rings. The highest BCUT2D eigenvalue weighted by Gasteiger charge is 2.21. The second kappa shape index (κ2) is 3.61. The molecule has 0 amide bonds. The fourth-order valence-corrected chi connectivity index (χ4v) is 1.52. The predicted molar refractivity (Wildman–Crippen MR) is 60.7 cm³/mol. The summed E-state index contributed by atoms with van der Waals surface area (Å²) in [5, 5.41) is 14.0. The molecule has 0 bridgehead atoms. The molecule has 1 aromatic carbocycles. The zero-order valence-electron chi connectivity index (χ0n) is 8.96. The number of rotatable bonds is 2. The predicted octanol–water partition coefficient (Wildman–Crippen LogP) is 0.891. The number of benzene rings is 1. The van der Waals surface area contributed by atoms with Crippen molar-refractivity contribution in [3.63, 3.8) is 0 Å². The number of nitrogens with two attached hydrogens (primary N) is 1. The molecule has 1 aromatic heterocycles. The minimum absolute atomic E-state index is 0.572. The summed E-state index contributed by atoms with van der Waals surface area (Å²) in [6.07, 6.45) is 2.98. The smallest absolute Gasteiger partial charge is 0.138 e. The molecule has 83 valence electrons. The normalized spacial score (nSPS) is 11.7. The van der Waals surface area contributed by atoms with Gasteiger partial charge in [0.2, 0.25) is 0 Å². The Morgan fingerprint density at radius 1 is 1.50 bits per heavy atom. The van der Waals surface area contributed by atoms with E-state index < -0.39 is 5.60 Å². The van der Waals surface area contributed by atoms with E-state index in [9.17, 15) is 5.11 Å². The lowest BCUT2D eigenvalue weighted by Gasteiger charge is -2.21. The van der Waals surface area contributed by atoms with Gasteiger partial charge in [-0.1, -0.05) is 0 Å². The van der Waals surface area contributed by atoms with E-state index >= 15 is 0 Å². The van der Waals surface area contributed by atoms with Gasteiger partial charge >= 0.3 is 0 Å². The van der Waals surface area contributed by atoms with Crippen molar-refractivity contribution in [3.05, 3.63) is 43.3 Å². The monoisotopic (exact) mass is 217 g/mol. The van der Waals surface area contributed by atoms with Crippen LogP contribution in [0.2, 0.25) is 0 Å². The van der Waals surface area contributed by atoms with Crippen molar-refractivity contribution in [2.75, 3.05) is 5.73 Å². The first kappa shape index (κ1) is 10.6. The van der Waals surface area contributed by atoms with Gasteiger partial charge < -0.3 is 10.8 Å². The Kier molecular flexibility index (Phi) is 2.40. The Morgan fingerprint density at radius 3 is 2.81 bits per heavy atom. The maximum Gasteiger partial charge on any atom is 0.138 e. The van der Waals surface area contributed by atoms with Crippen LogP contribution in [0.1, 0.15) is 12.5 Å². The summed E-state index contributed by atoms with van der Waals surface area (Å²) in [5.74, 6) is 0. The van der Waals surface area contributed by atoms with E-state index in [4.69, 9.17) is 5.73 Å². The van der Waals surface area contributed by atoms with Crippen LogP contribution in [-0.2, 0) is 5.60 Å². The number of aliphatic hydroxyl groups is 1. The van der Waals surface area contributed by atoms with Crippen LogP contribution >= 0.6 is 0 Å². The van der Waals surface area contributed by atoms with Crippen molar-refractivity contribution in [2.24, 2.45) is 0 Å². The van der Waals surface area contributed by atoms with Gasteiger partial charge in [0.25, 0.3) is 0 Å². The van der Waals surface area contributed by atoms with Crippen LogP contribution < -0.4 is 5.73 Å². The highest BCUT2D eigenvalue weighted by molar-refractivity contribution is 5.53. The van der Waals surface area contributed by atoms with Crippen molar-refractivity contribution in [2.45, 2.75) is 12.5 Å². The van der Waals surface area contributed by atoms with E-state index in [1.165, 1.54) is 6.33 Å². The van der Waals surface area contributed by atoms with Crippen molar-refractivity contribution in [3.8, 4) is 5.69 Å². The van der Waals surface area contributed by atoms with Gasteiger partial charge in [0, 0.05) is 11.3 Å². The first-order chi connectivity index (χ1) is 7.48. The van der Waals surface area contributed by atoms with Crippen molar-refractivity contribution in [1.29, 1.82) is 0 Å². The molecule has 5 heteroatoms. The summed E-state index contributed by atoms with van der Waals surface area (Å²) >= 11 is 0. The SMILES string of the molecule is [CH2]C(C)(O)c1cc(N)ccc1-n1cncn1. The van der Waals surface area contributed by atoms with Gasteiger partial charge in [0.1, 0.15) is 12.7 Å². The Labute approximate surface area is 93.5 Å². The Bertz CT molecular complexity index is 485. The van der Waals surface area contributed by atoms with E-state index in [2.05, 4.69) is 17.0 Å². The Hall–Kier alpha value is -1.88. The van der Waals surface area contributed by atoms with Crippen LogP contribution in [0.25, 0.3) is 5.69 Å². The van der Waals surface area contributed by atoms with Gasteiger partial charge in [0.05, 0.1) is 11.3 Å². The maximum absolute atomic E-state index is 9.96. The van der Waals surface area contributed by atoms with Crippen LogP contribution in [0.5, 0.6) is 0 Å². The molecule has 1 radical (unpaired) electrons. The lowest BCUT2D eigenvalue weighted by molar-refractivity contribution is 0.108. The number of nitrogen functional groups attached to an aromatic ring is 1. The fourth-order valence-electron chi connectivity index (χ4n) is 1.52. The van der Waals surface area contributed by atoms with Crippen molar-refractivity contribution < 1.29 is 5.11 Å². The molecular weight excluding hydrogens is 204 g/mol. The van der Waals surface area contributed by atoms with E-state index in [0.717, 1.165) is 0 Å². The molecule has 0 spiro atoms. The molecule has 0 fully saturated rings. The van der Waals surface area contributed by atoms with E-state index in [-0.39, 0.29) is 0 Å². The van der Waals surface area contributed by atoms with Crippen molar-refractivity contribution >= 4 is 5.69 Å². The minimum atomic E-state index is -1.23. The van der Waals surface area contributed by atoms with Gasteiger partial charge in [-0.15, -0.1) is 0 Å². The average Bonchev–Trinajstić information content (AvgIpc) is 2.69. The van der Waals surface area contributed by atoms with E-state index in [1.807, 2.05) is 0 Å². The number of nitrogens with zero attached hydrogens (tertiary/aromatic N) is 3. The lowest BCUT2D eigenvalue weighted by atomic mass is 9.96. The number of hydrogen-bond acceptors (Lipinski definition) is 4. The molecule has 0 saturated carbocycles. The van der Waals surface area contributed by atoms with E-state index in [0.29, 0.717) is 16.9 Å². The highest BCUT2D eigenvalue weighted by Crippen LogP contribution is 2.27. The second-order valence-electron chi connectivity index (χ2n) is 3.89. The van der Waals surface area contributed by atoms with E-state index in [1.54, 1.807) is 36.1 Å². The number of anilines is 1. The molecule has 3 N–H and O–H groups in total. The highest BCUT2D eigenvalue weighted by atomic mass is 16.3. The standard InChI is InChI=1S/C11H13N4O/c1-11(2,16)9-5-8(12)3-4-10(9)15-7-13-6-14-15/h3-7,16H,1,12H2,2H3. The molecule has 0 aliphatic carbocycles. The third-order valence-corrected chi connectivity index (χ3v) is 2.27. The molecule has 1 atom stereocenters. The molecule has 0 aliphatic heterocycles. The van der Waals surface area contributed by atoms with Crippen molar-refractivity contribution in [1.82, 2.24) is 14.8 Å². The molecule has 1 heterocycles. The fraction of sp³-hybridized carbons (Fsp3) is 0.182. The molecule has 16 heavy (non-hydrogen) atoms. The summed E-state index contributed by atoms with van der Waals surface area (Å²) < 4.78 is 1.56. The summed E-state index contributed by atoms with van der Waals surface area (Å²) in [5.41, 5.74) is 6.36. The molecule has 2 rings (SSSR count). The second-order valence-corrected chi connectivity index (χ2v) is 3.89. The lowest BCUT2D eigenvalue weighted by Crippen LogP contribution is -2.19. The zero-order chi connectivity index (χ0) is 11.8. The van der Waals surface area contributed by atoms with Gasteiger partial charge in [-0.2, -0.15) is 5.10 Å². The minimum Gasteiger partial charge on any atom is -0.399 e. The first-order valence-electron chi connectivity index (χ1n) is 4.81. The van der Waals surface area contributed by atoms with Crippen LogP contribution in [0, 0.1) is 6.92 Å². The van der Waals surface area contributed by atoms with Crippen LogP contribution in [0.4, 0.5) is 5.69 Å². The Balaban J connectivity index is 2.62. The molecule has 5 nitrogen and oxygen atoms in total. The average molecular weight is 217 g/mol. The summed E-state index contributed by atoms with van der Waals surface area (Å²) in [6.45, 7) is 5.29. The van der Waals surface area contributed by atoms with Gasteiger partial charge in [-0.05, 0) is 32.0 Å². The topological polar surface area (TPSA) is 77.0 Å². The maximum atomic E-state index is 9.96. The quantitative estimate of drug-likeness (QED) is 0.732. The molecule has 0 saturated heterocycles. The van der Waals surface area contributed by atoms with Crippen LogP contribution in [-0.4, -0.2) is 19.9 Å². The van der Waals surface area contributed by atoms with Crippen LogP contribution in [0.15, 0.2) is 30.9 Å². The molecule has 2 aromatic rings. The summed E-state index contributed by atoms with van der Waals surface area (Å²) in [6, 6.07) is 5.20. The third-order valence-electron chi connectivity index (χ3n) is 2.27. The summed E-state index contributed by atoms with van der Waals surface area (Å²) in [4.78, 5) is 3.86. The van der Waals surface area contributed by atoms with Gasteiger partial charge in [0.15, 0.2) is 0 Å². The largest absolute Gasteiger partial charge is 0.399 e. The zero-order valence-corrected chi connectivity index (χ0v) is 8.96.